The van der Waals surface area contributed by atoms with Gasteiger partial charge in [0.05, 0.1) is 0 Å². The molecule has 0 heterocycles. The topological polar surface area (TPSA) is 0 Å². The van der Waals surface area contributed by atoms with Gasteiger partial charge in [0.2, 0.25) is 0 Å². The molecule has 0 aliphatic carbocycles. The van der Waals surface area contributed by atoms with Crippen molar-refractivity contribution >= 4 is 48.8 Å². The third-order valence-electron chi connectivity index (χ3n) is 0.144. The quantitative estimate of drug-likeness (QED) is 0.341. The Kier molecular flexibility index (Phi) is 50.5. The van der Waals surface area contributed by atoms with Gasteiger partial charge in [0, 0.05) is 0 Å². The van der Waals surface area contributed by atoms with Crippen LogP contribution < -0.4 is 0 Å². The summed E-state index contributed by atoms with van der Waals surface area (Å²) in [6, 6.07) is 0. The van der Waals surface area contributed by atoms with E-state index >= 15 is 0 Å². The molecule has 0 spiro atoms. The van der Waals surface area contributed by atoms with Gasteiger partial charge in [-0.1, -0.05) is 0 Å². The van der Waals surface area contributed by atoms with Gasteiger partial charge in [0.15, 0.2) is 0 Å². The summed E-state index contributed by atoms with van der Waals surface area (Å²) in [5, 5.41) is 0. The van der Waals surface area contributed by atoms with Crippen molar-refractivity contribution in [2.24, 2.45) is 0 Å². The maximum atomic E-state index is 4.72. The van der Waals surface area contributed by atoms with Crippen molar-refractivity contribution in [1.29, 1.82) is 0 Å². The van der Waals surface area contributed by atoms with E-state index in [4.69, 9.17) is 6.42 Å². The van der Waals surface area contributed by atoms with E-state index < -0.39 is 0 Å². The van der Waals surface area contributed by atoms with Gasteiger partial charge in [0.1, 0.15) is 0 Å². The molecular weight excluding hydrogens is 216 g/mol. The summed E-state index contributed by atoms with van der Waals surface area (Å²) in [7, 11) is 0.120. The summed E-state index contributed by atoms with van der Waals surface area (Å²) in [4.78, 5) is 0. The zero-order chi connectivity index (χ0) is 6.99. The molecule has 0 amide bonds. The summed E-state index contributed by atoms with van der Waals surface area (Å²) >= 11 is 0. The maximum absolute atomic E-state index is 4.72. The standard InChI is InChI=1S/C4H5.C3H9Si.BrH.Mg/c1-3-4-2;1-4(2)3;;/h1H,2,4H2;1-3H3;1H;/q2*-1;;+2. The average Bonchev–Trinajstić information content (AvgIpc) is 1.65. The van der Waals surface area contributed by atoms with Crippen molar-refractivity contribution in [1.82, 2.24) is 0 Å². The SMILES string of the molecule is Br.C#CC[CH2-].C[Si-](C)C.[Mg+2]. The zero-order valence-electron chi connectivity index (χ0n) is 7.11. The molecular formula is C7H15BrMgSi. The third kappa shape index (κ3) is 142. The molecule has 0 atom stereocenters. The normalized spacial score (nSPS) is 5.60. The van der Waals surface area contributed by atoms with Crippen LogP contribution >= 0.6 is 17.0 Å². The molecule has 0 aliphatic rings. The van der Waals surface area contributed by atoms with E-state index in [0.29, 0.717) is 6.42 Å². The van der Waals surface area contributed by atoms with Gasteiger partial charge >= 0.3 is 23.1 Å². The van der Waals surface area contributed by atoms with Crippen LogP contribution in [0.3, 0.4) is 0 Å². The van der Waals surface area contributed by atoms with E-state index in [-0.39, 0.29) is 48.8 Å². The Bertz CT molecular complexity index is 65.7. The largest absolute Gasteiger partial charge is 2.00 e. The summed E-state index contributed by atoms with van der Waals surface area (Å²) in [6.07, 6.45) is 5.31. The molecule has 0 bridgehead atoms. The zero-order valence-corrected chi connectivity index (χ0v) is 11.2. The Morgan fingerprint density at radius 2 is 1.50 bits per heavy atom. The molecule has 0 rings (SSSR count). The van der Waals surface area contributed by atoms with Gasteiger partial charge in [-0.15, -0.1) is 35.7 Å². The first-order chi connectivity index (χ1) is 3.65. The molecule has 0 N–H and O–H groups in total. The number of terminal acetylenes is 1. The molecule has 0 nitrogen and oxygen atoms in total. The van der Waals surface area contributed by atoms with Crippen molar-refractivity contribution in [3.63, 3.8) is 0 Å². The van der Waals surface area contributed by atoms with Gasteiger partial charge in [-0.3, -0.25) is 8.80 Å². The van der Waals surface area contributed by atoms with E-state index in [1.807, 2.05) is 0 Å². The molecule has 0 aromatic heterocycles. The van der Waals surface area contributed by atoms with Crippen molar-refractivity contribution < 1.29 is 0 Å². The van der Waals surface area contributed by atoms with Crippen LogP contribution in [0.5, 0.6) is 0 Å². The molecule has 0 fully saturated rings. The Hall–Kier alpha value is 1.02. The maximum Gasteiger partial charge on any atom is 2.00 e. The van der Waals surface area contributed by atoms with Crippen molar-refractivity contribution in [2.45, 2.75) is 26.1 Å². The fraction of sp³-hybridized carbons (Fsp3) is 0.571. The summed E-state index contributed by atoms with van der Waals surface area (Å²) < 4.78 is 0. The van der Waals surface area contributed by atoms with Crippen LogP contribution in [0, 0.1) is 19.3 Å². The van der Waals surface area contributed by atoms with E-state index in [1.165, 1.54) is 0 Å². The van der Waals surface area contributed by atoms with Crippen molar-refractivity contribution in [3.8, 4) is 12.3 Å². The van der Waals surface area contributed by atoms with Gasteiger partial charge in [0.25, 0.3) is 0 Å². The van der Waals surface area contributed by atoms with Crippen LogP contribution in [-0.4, -0.2) is 31.8 Å². The number of halogens is 1. The van der Waals surface area contributed by atoms with Crippen LogP contribution in [0.15, 0.2) is 0 Å². The molecule has 56 valence electrons. The van der Waals surface area contributed by atoms with Crippen molar-refractivity contribution in [2.75, 3.05) is 0 Å². The molecule has 0 radical (unpaired) electrons. The molecule has 0 aliphatic heterocycles. The molecule has 0 saturated heterocycles. The number of hydrogen-bond donors (Lipinski definition) is 0. The Labute approximate surface area is 93.7 Å². The first-order valence-electron chi connectivity index (χ1n) is 2.64. The Morgan fingerprint density at radius 1 is 1.40 bits per heavy atom. The average molecular weight is 231 g/mol. The Morgan fingerprint density at radius 3 is 1.50 bits per heavy atom. The first-order valence-corrected chi connectivity index (χ1v) is 5.64. The molecule has 3 heteroatoms. The van der Waals surface area contributed by atoms with E-state index in [1.54, 1.807) is 0 Å². The second-order valence-corrected chi connectivity index (χ2v) is 4.95. The summed E-state index contributed by atoms with van der Waals surface area (Å²) in [5.74, 6) is 2.32. The second kappa shape index (κ2) is 22.5. The van der Waals surface area contributed by atoms with Gasteiger partial charge < -0.3 is 6.92 Å². The van der Waals surface area contributed by atoms with Gasteiger partial charge in [-0.25, -0.2) is 0 Å². The van der Waals surface area contributed by atoms with Crippen LogP contribution in [0.25, 0.3) is 0 Å². The molecule has 0 aromatic carbocycles. The minimum atomic E-state index is 0. The van der Waals surface area contributed by atoms with Crippen LogP contribution in [-0.2, 0) is 0 Å². The summed E-state index contributed by atoms with van der Waals surface area (Å²) in [5.41, 5.74) is 0. The first kappa shape index (κ1) is 22.5. The molecule has 0 aromatic rings. The molecule has 0 saturated carbocycles. The third-order valence-corrected chi connectivity index (χ3v) is 0.144. The monoisotopic (exact) mass is 230 g/mol. The smallest absolute Gasteiger partial charge is 0.332 e. The number of hydrogen-bond acceptors (Lipinski definition) is 0. The molecule has 0 unspecified atom stereocenters. The van der Waals surface area contributed by atoms with Crippen LogP contribution in [0.1, 0.15) is 6.42 Å². The Balaban J connectivity index is -0.0000000300. The predicted molar refractivity (Wildman–Crippen MR) is 58.2 cm³/mol. The fourth-order valence-corrected chi connectivity index (χ4v) is 0. The second-order valence-electron chi connectivity index (χ2n) is 1.95. The molecule has 10 heavy (non-hydrogen) atoms. The van der Waals surface area contributed by atoms with E-state index in [0.717, 1.165) is 0 Å². The fourth-order valence-electron chi connectivity index (χ4n) is 0. The van der Waals surface area contributed by atoms with Gasteiger partial charge in [-0.2, -0.15) is 19.6 Å². The minimum Gasteiger partial charge on any atom is -0.332 e. The minimum absolute atomic E-state index is 0. The van der Waals surface area contributed by atoms with Gasteiger partial charge in [-0.05, 0) is 0 Å². The summed E-state index contributed by atoms with van der Waals surface area (Å²) in [6.45, 7) is 10.2. The van der Waals surface area contributed by atoms with E-state index in [2.05, 4.69) is 32.5 Å². The van der Waals surface area contributed by atoms with Crippen LogP contribution in [0.2, 0.25) is 19.6 Å². The van der Waals surface area contributed by atoms with E-state index in [9.17, 15) is 0 Å². The van der Waals surface area contributed by atoms with Crippen LogP contribution in [0.4, 0.5) is 0 Å². The number of rotatable bonds is 0. The predicted octanol–water partition coefficient (Wildman–Crippen LogP) is 2.41. The van der Waals surface area contributed by atoms with Crippen molar-refractivity contribution in [3.05, 3.63) is 6.92 Å².